The zero-order valence-corrected chi connectivity index (χ0v) is 32.4. The van der Waals surface area contributed by atoms with Crippen LogP contribution in [0.15, 0.2) is 0 Å². The fraction of sp³-hybridized carbons (Fsp3) is 0.900. The van der Waals surface area contributed by atoms with Gasteiger partial charge in [-0.1, -0.05) is 0 Å². The number of rotatable bonds is 18. The fourth-order valence-electron chi connectivity index (χ4n) is 5.54. The molecule has 7 heteroatoms. The standard InChI is InChI=1S/C18H31OS4Si.3C4H9.Sn/c1-21-18(20)19-15-16(9-6-5-7-14-24(2,3)4)10-11-17-22-12-8-13-23-17;3*1-3-4-2;/h15-17H,5-6,8-13H2,1-4H3;3*1,3-4H2,2H3;. The molecular formula is C30H58OS4SiSn. The van der Waals surface area contributed by atoms with Gasteiger partial charge in [0.2, 0.25) is 0 Å². The van der Waals surface area contributed by atoms with Gasteiger partial charge in [-0.05, 0) is 0 Å². The molecule has 37 heavy (non-hydrogen) atoms. The Morgan fingerprint density at radius 2 is 1.54 bits per heavy atom. The molecule has 0 aromatic heterocycles. The molecule has 1 aliphatic rings. The molecule has 0 N–H and O–H groups in total. The molecule has 1 aliphatic heterocycles. The third-order valence-corrected chi connectivity index (χ3v) is 29.2. The first kappa shape index (κ1) is 36.5. The summed E-state index contributed by atoms with van der Waals surface area (Å²) in [5, 5.41) is 0. The van der Waals surface area contributed by atoms with E-state index in [0.29, 0.717) is 10.0 Å². The van der Waals surface area contributed by atoms with Crippen molar-refractivity contribution in [2.24, 2.45) is 5.92 Å². The number of thiocarbonyl (C=S) groups is 1. The monoisotopic (exact) mass is 710 g/mol. The number of hydrogen-bond donors (Lipinski definition) is 0. The van der Waals surface area contributed by atoms with E-state index in [1.807, 2.05) is 0 Å². The molecule has 216 valence electrons. The van der Waals surface area contributed by atoms with E-state index in [9.17, 15) is 0 Å². The van der Waals surface area contributed by atoms with E-state index >= 15 is 0 Å². The van der Waals surface area contributed by atoms with Crippen LogP contribution in [0, 0.1) is 17.4 Å². The Kier molecular flexibility index (Phi) is 21.0. The molecule has 1 rings (SSSR count). The minimum absolute atomic E-state index is 0.447. The minimum atomic E-state index is -2.66. The first-order valence-electron chi connectivity index (χ1n) is 15.2. The van der Waals surface area contributed by atoms with Gasteiger partial charge in [0.25, 0.3) is 0 Å². The summed E-state index contributed by atoms with van der Waals surface area (Å²) in [6, 6.07) is 0. The molecule has 0 aliphatic carbocycles. The van der Waals surface area contributed by atoms with Gasteiger partial charge in [-0.15, -0.1) is 0 Å². The van der Waals surface area contributed by atoms with E-state index in [1.165, 1.54) is 95.4 Å². The maximum absolute atomic E-state index is 7.01. The van der Waals surface area contributed by atoms with Crippen molar-refractivity contribution >= 4 is 78.3 Å². The SMILES string of the molecule is CCC[CH2][Sn]([CH2]CCC)([CH2]CCC)[CH](OC(=S)SC)C(CCCC#C[Si](C)(C)C)CCC1SCCCS1. The number of ether oxygens (including phenoxy) is 1. The molecule has 2 unspecified atom stereocenters. The zero-order valence-electron chi connectivity index (χ0n) is 25.3. The summed E-state index contributed by atoms with van der Waals surface area (Å²) in [6.07, 6.45) is 17.8. The van der Waals surface area contributed by atoms with Crippen molar-refractivity contribution in [3.05, 3.63) is 0 Å². The molecule has 1 heterocycles. The van der Waals surface area contributed by atoms with Crippen LogP contribution in [0.5, 0.6) is 0 Å². The third kappa shape index (κ3) is 15.9. The predicted molar refractivity (Wildman–Crippen MR) is 187 cm³/mol. The first-order chi connectivity index (χ1) is 17.7. The van der Waals surface area contributed by atoms with Crippen molar-refractivity contribution < 1.29 is 4.74 Å². The molecule has 0 amide bonds. The third-order valence-electron chi connectivity index (χ3n) is 7.52. The maximum atomic E-state index is 7.01. The van der Waals surface area contributed by atoms with Crippen LogP contribution in [0.4, 0.5) is 0 Å². The Labute approximate surface area is 255 Å². The van der Waals surface area contributed by atoms with Gasteiger partial charge >= 0.3 is 258 Å². The fourth-order valence-corrected chi connectivity index (χ4v) is 28.4. The van der Waals surface area contributed by atoms with Crippen molar-refractivity contribution in [3.8, 4) is 11.5 Å². The molecule has 0 bridgehead atoms. The average Bonchev–Trinajstić information content (AvgIpc) is 2.88. The van der Waals surface area contributed by atoms with Gasteiger partial charge in [-0.3, -0.25) is 0 Å². The number of thioether (sulfide) groups is 3. The van der Waals surface area contributed by atoms with Gasteiger partial charge in [-0.25, -0.2) is 0 Å². The summed E-state index contributed by atoms with van der Waals surface area (Å²) < 4.78 is 13.5. The summed E-state index contributed by atoms with van der Waals surface area (Å²) in [5.74, 6) is 6.91. The Bertz CT molecular complexity index is 645. The van der Waals surface area contributed by atoms with E-state index in [0.717, 1.165) is 15.4 Å². The van der Waals surface area contributed by atoms with E-state index < -0.39 is 26.5 Å². The summed E-state index contributed by atoms with van der Waals surface area (Å²) >= 11 is 9.22. The topological polar surface area (TPSA) is 9.23 Å². The molecule has 0 spiro atoms. The van der Waals surface area contributed by atoms with Gasteiger partial charge in [0.1, 0.15) is 0 Å². The van der Waals surface area contributed by atoms with Crippen LogP contribution in [-0.4, -0.2) is 57.3 Å². The Balaban J connectivity index is 3.30. The van der Waals surface area contributed by atoms with Crippen LogP contribution in [0.2, 0.25) is 33.0 Å². The molecule has 0 aromatic rings. The van der Waals surface area contributed by atoms with Crippen LogP contribution >= 0.6 is 47.5 Å². The molecule has 0 radical (unpaired) electrons. The second-order valence-electron chi connectivity index (χ2n) is 12.0. The van der Waals surface area contributed by atoms with Crippen molar-refractivity contribution in [3.63, 3.8) is 0 Å². The zero-order chi connectivity index (χ0) is 27.6. The van der Waals surface area contributed by atoms with Crippen LogP contribution < -0.4 is 0 Å². The predicted octanol–water partition coefficient (Wildman–Crippen LogP) is 11.1. The summed E-state index contributed by atoms with van der Waals surface area (Å²) in [4.78, 5) is 0. The first-order valence-corrected chi connectivity index (χ1v) is 30.1. The van der Waals surface area contributed by atoms with Crippen LogP contribution in [0.1, 0.15) is 97.8 Å². The van der Waals surface area contributed by atoms with Gasteiger partial charge in [-0.2, -0.15) is 0 Å². The quantitative estimate of drug-likeness (QED) is 0.0605. The van der Waals surface area contributed by atoms with Gasteiger partial charge < -0.3 is 0 Å². The van der Waals surface area contributed by atoms with Gasteiger partial charge in [0.15, 0.2) is 0 Å². The van der Waals surface area contributed by atoms with Crippen LogP contribution in [0.25, 0.3) is 0 Å². The van der Waals surface area contributed by atoms with E-state index in [4.69, 9.17) is 17.0 Å². The number of hydrogen-bond acceptors (Lipinski definition) is 5. The van der Waals surface area contributed by atoms with Crippen molar-refractivity contribution in [2.45, 2.75) is 139 Å². The summed E-state index contributed by atoms with van der Waals surface area (Å²) in [5.41, 5.74) is 3.60. The molecule has 1 fully saturated rings. The van der Waals surface area contributed by atoms with Gasteiger partial charge in [0.05, 0.1) is 0 Å². The normalized spacial score (nSPS) is 16.6. The summed E-state index contributed by atoms with van der Waals surface area (Å²) in [7, 11) is -1.30. The van der Waals surface area contributed by atoms with Crippen LogP contribution in [0.3, 0.4) is 0 Å². The molecule has 0 aromatic carbocycles. The molecule has 1 saturated heterocycles. The Hall–Kier alpha value is 1.52. The van der Waals surface area contributed by atoms with Crippen molar-refractivity contribution in [1.29, 1.82) is 0 Å². The van der Waals surface area contributed by atoms with Crippen molar-refractivity contribution in [2.75, 3.05) is 17.8 Å². The Morgan fingerprint density at radius 1 is 0.973 bits per heavy atom. The second kappa shape index (κ2) is 21.3. The van der Waals surface area contributed by atoms with E-state index in [2.05, 4.69) is 81.7 Å². The molecule has 1 nitrogen and oxygen atoms in total. The molecule has 0 saturated carbocycles. The van der Waals surface area contributed by atoms with E-state index in [-0.39, 0.29) is 0 Å². The van der Waals surface area contributed by atoms with E-state index in [1.54, 1.807) is 11.8 Å². The average molecular weight is 710 g/mol. The summed E-state index contributed by atoms with van der Waals surface area (Å²) in [6.45, 7) is 14.2. The van der Waals surface area contributed by atoms with Gasteiger partial charge in [0, 0.05) is 0 Å². The number of unbranched alkanes of at least 4 members (excludes halogenated alkanes) is 4. The molecule has 2 atom stereocenters. The second-order valence-corrected chi connectivity index (χ2v) is 34.7. The van der Waals surface area contributed by atoms with Crippen molar-refractivity contribution in [1.82, 2.24) is 0 Å². The molecular weight excluding hydrogens is 651 g/mol. The van der Waals surface area contributed by atoms with Crippen LogP contribution in [-0.2, 0) is 4.74 Å². The Morgan fingerprint density at radius 3 is 2.03 bits per heavy atom.